The Kier molecular flexibility index (Phi) is 7.45. The second-order valence-corrected chi connectivity index (χ2v) is 7.08. The van der Waals surface area contributed by atoms with Crippen LogP contribution in [0.3, 0.4) is 0 Å². The van der Waals surface area contributed by atoms with Gasteiger partial charge in [0.2, 0.25) is 0 Å². The van der Waals surface area contributed by atoms with Crippen molar-refractivity contribution < 1.29 is 14.5 Å². The van der Waals surface area contributed by atoms with Crippen LogP contribution in [0.15, 0.2) is 48.5 Å². The maximum Gasteiger partial charge on any atom is 0.279 e. The van der Waals surface area contributed by atoms with E-state index >= 15 is 0 Å². The lowest BCUT2D eigenvalue weighted by Gasteiger charge is -2.17. The van der Waals surface area contributed by atoms with Gasteiger partial charge in [-0.05, 0) is 48.9 Å². The predicted octanol–water partition coefficient (Wildman–Crippen LogP) is 2.32. The normalized spacial score (nSPS) is 12.9. The van der Waals surface area contributed by atoms with E-state index in [2.05, 4.69) is 10.6 Å². The molecule has 2 amide bonds. The highest BCUT2D eigenvalue weighted by molar-refractivity contribution is 6.30. The fourth-order valence-electron chi connectivity index (χ4n) is 2.48. The summed E-state index contributed by atoms with van der Waals surface area (Å²) in [5.74, 6) is -0.285. The van der Waals surface area contributed by atoms with Crippen molar-refractivity contribution in [2.24, 2.45) is 0 Å². The molecular formula is C19H22Cl2N3O2+. The zero-order valence-electron chi connectivity index (χ0n) is 14.7. The van der Waals surface area contributed by atoms with Gasteiger partial charge in [0.25, 0.3) is 11.8 Å². The van der Waals surface area contributed by atoms with Gasteiger partial charge in [-0.3, -0.25) is 9.59 Å². The number of benzene rings is 2. The smallest absolute Gasteiger partial charge is 0.279 e. The Hall–Kier alpha value is -2.08. The molecule has 1 unspecified atom stereocenters. The molecule has 138 valence electrons. The van der Waals surface area contributed by atoms with Crippen LogP contribution in [0.25, 0.3) is 0 Å². The molecule has 3 N–H and O–H groups in total. The van der Waals surface area contributed by atoms with Crippen molar-refractivity contribution in [3.63, 3.8) is 0 Å². The van der Waals surface area contributed by atoms with E-state index in [0.717, 1.165) is 10.5 Å². The van der Waals surface area contributed by atoms with E-state index in [0.29, 0.717) is 15.7 Å². The number of carbonyl (C=O) groups excluding carboxylic acids is 2. The zero-order chi connectivity index (χ0) is 19.1. The average Bonchev–Trinajstić information content (AvgIpc) is 2.57. The van der Waals surface area contributed by atoms with Gasteiger partial charge in [-0.15, -0.1) is 0 Å². The van der Waals surface area contributed by atoms with Crippen molar-refractivity contribution in [1.29, 1.82) is 0 Å². The second-order valence-electron chi connectivity index (χ2n) is 6.21. The first-order valence-electron chi connectivity index (χ1n) is 8.25. The van der Waals surface area contributed by atoms with E-state index in [-0.39, 0.29) is 30.9 Å². The molecule has 2 atom stereocenters. The van der Waals surface area contributed by atoms with E-state index in [1.807, 2.05) is 19.1 Å². The molecule has 0 fully saturated rings. The highest BCUT2D eigenvalue weighted by atomic mass is 35.5. The Morgan fingerprint density at radius 2 is 1.42 bits per heavy atom. The maximum absolute atomic E-state index is 12.2. The highest BCUT2D eigenvalue weighted by Crippen LogP contribution is 2.15. The lowest BCUT2D eigenvalue weighted by Crippen LogP contribution is -3.11. The molecule has 0 bridgehead atoms. The first-order valence-corrected chi connectivity index (χ1v) is 9.00. The molecule has 0 spiro atoms. The topological polar surface area (TPSA) is 62.6 Å². The molecule has 0 radical (unpaired) electrons. The van der Waals surface area contributed by atoms with Crippen molar-refractivity contribution in [2.45, 2.75) is 13.0 Å². The van der Waals surface area contributed by atoms with E-state index in [4.69, 9.17) is 23.2 Å². The van der Waals surface area contributed by atoms with Crippen LogP contribution in [0, 0.1) is 0 Å². The van der Waals surface area contributed by atoms with Gasteiger partial charge in [0.1, 0.15) is 0 Å². The van der Waals surface area contributed by atoms with Crippen LogP contribution in [-0.4, -0.2) is 32.0 Å². The Morgan fingerprint density at radius 1 is 0.923 bits per heavy atom. The number of carbonyl (C=O) groups is 2. The standard InChI is InChI=1S/C19H21Cl2N3O2/c1-13(14-3-5-15(20)6-4-14)22-18(25)11-24(2)12-19(26)23-17-9-7-16(21)8-10-17/h3-10,13H,11-12H2,1-2H3,(H,22,25)(H,23,26)/p+1/t13-/m0/s1. The number of halogens is 2. The third-order valence-corrected chi connectivity index (χ3v) is 4.30. The van der Waals surface area contributed by atoms with E-state index in [1.54, 1.807) is 43.4 Å². The summed E-state index contributed by atoms with van der Waals surface area (Å²) in [5.41, 5.74) is 1.65. The van der Waals surface area contributed by atoms with Gasteiger partial charge in [0.15, 0.2) is 13.1 Å². The van der Waals surface area contributed by atoms with Crippen LogP contribution in [0.4, 0.5) is 5.69 Å². The van der Waals surface area contributed by atoms with Crippen molar-refractivity contribution in [3.05, 3.63) is 64.1 Å². The molecule has 2 aromatic carbocycles. The molecule has 0 aromatic heterocycles. The summed E-state index contributed by atoms with van der Waals surface area (Å²) in [4.78, 5) is 25.0. The van der Waals surface area contributed by atoms with Gasteiger partial charge < -0.3 is 15.5 Å². The average molecular weight is 395 g/mol. The summed E-state index contributed by atoms with van der Waals surface area (Å²) in [6, 6.07) is 14.1. The second kappa shape index (κ2) is 9.57. The minimum absolute atomic E-state index is 0.121. The first-order chi connectivity index (χ1) is 12.3. The van der Waals surface area contributed by atoms with Crippen LogP contribution in [0.2, 0.25) is 10.0 Å². The van der Waals surface area contributed by atoms with Gasteiger partial charge >= 0.3 is 0 Å². The summed E-state index contributed by atoms with van der Waals surface area (Å²) >= 11 is 11.7. The van der Waals surface area contributed by atoms with E-state index < -0.39 is 0 Å². The minimum atomic E-state index is -0.164. The molecule has 0 saturated heterocycles. The first kappa shape index (κ1) is 20.2. The van der Waals surface area contributed by atoms with Crippen molar-refractivity contribution >= 4 is 40.7 Å². The lowest BCUT2D eigenvalue weighted by atomic mass is 10.1. The molecule has 26 heavy (non-hydrogen) atoms. The summed E-state index contributed by atoms with van der Waals surface area (Å²) in [6.07, 6.45) is 0. The van der Waals surface area contributed by atoms with Crippen molar-refractivity contribution in [3.8, 4) is 0 Å². The SMILES string of the molecule is C[C@H](NC(=O)C[NH+](C)CC(=O)Nc1ccc(Cl)cc1)c1ccc(Cl)cc1. The Morgan fingerprint density at radius 3 is 2.00 bits per heavy atom. The molecule has 0 aliphatic carbocycles. The molecular weight excluding hydrogens is 373 g/mol. The summed E-state index contributed by atoms with van der Waals surface area (Å²) in [7, 11) is 1.80. The number of quaternary nitrogens is 1. The Labute approximate surface area is 163 Å². The number of hydrogen-bond acceptors (Lipinski definition) is 2. The summed E-state index contributed by atoms with van der Waals surface area (Å²) in [6.45, 7) is 2.29. The third kappa shape index (κ3) is 6.67. The van der Waals surface area contributed by atoms with Crippen LogP contribution in [0.5, 0.6) is 0 Å². The molecule has 7 heteroatoms. The van der Waals surface area contributed by atoms with Crippen molar-refractivity contribution in [1.82, 2.24) is 5.32 Å². The molecule has 0 aliphatic rings. The molecule has 2 rings (SSSR count). The fraction of sp³-hybridized carbons (Fsp3) is 0.263. The number of anilines is 1. The molecule has 5 nitrogen and oxygen atoms in total. The van der Waals surface area contributed by atoms with Crippen molar-refractivity contribution in [2.75, 3.05) is 25.5 Å². The van der Waals surface area contributed by atoms with Crippen LogP contribution in [-0.2, 0) is 9.59 Å². The monoisotopic (exact) mass is 394 g/mol. The van der Waals surface area contributed by atoms with E-state index in [1.165, 1.54) is 0 Å². The summed E-state index contributed by atoms with van der Waals surface area (Å²) < 4.78 is 0. The molecule has 2 aromatic rings. The highest BCUT2D eigenvalue weighted by Gasteiger charge is 2.16. The minimum Gasteiger partial charge on any atom is -0.345 e. The number of rotatable bonds is 7. The maximum atomic E-state index is 12.2. The van der Waals surface area contributed by atoms with Crippen LogP contribution in [0.1, 0.15) is 18.5 Å². The van der Waals surface area contributed by atoms with Gasteiger partial charge in [0, 0.05) is 15.7 Å². The molecule has 0 aliphatic heterocycles. The summed E-state index contributed by atoms with van der Waals surface area (Å²) in [5, 5.41) is 6.97. The lowest BCUT2D eigenvalue weighted by molar-refractivity contribution is -0.862. The molecule has 0 saturated carbocycles. The predicted molar refractivity (Wildman–Crippen MR) is 105 cm³/mol. The third-order valence-electron chi connectivity index (χ3n) is 3.80. The van der Waals surface area contributed by atoms with Gasteiger partial charge in [-0.1, -0.05) is 35.3 Å². The number of likely N-dealkylation sites (N-methyl/N-ethyl adjacent to an activating group) is 1. The Bertz CT molecular complexity index is 748. The van der Waals surface area contributed by atoms with Gasteiger partial charge in [-0.2, -0.15) is 0 Å². The van der Waals surface area contributed by atoms with Gasteiger partial charge in [0.05, 0.1) is 13.1 Å². The fourth-order valence-corrected chi connectivity index (χ4v) is 2.73. The number of amides is 2. The van der Waals surface area contributed by atoms with Gasteiger partial charge in [-0.25, -0.2) is 0 Å². The van der Waals surface area contributed by atoms with E-state index in [9.17, 15) is 9.59 Å². The zero-order valence-corrected chi connectivity index (χ0v) is 16.2. The molecule has 0 heterocycles. The Balaban J connectivity index is 1.78. The van der Waals surface area contributed by atoms with Crippen LogP contribution >= 0.6 is 23.2 Å². The van der Waals surface area contributed by atoms with Crippen LogP contribution < -0.4 is 15.5 Å². The largest absolute Gasteiger partial charge is 0.345 e. The number of nitrogens with one attached hydrogen (secondary N) is 3. The quantitative estimate of drug-likeness (QED) is 0.674. The number of hydrogen-bond donors (Lipinski definition) is 3.